The van der Waals surface area contributed by atoms with Crippen molar-refractivity contribution in [3.05, 3.63) is 10.4 Å². The Morgan fingerprint density at radius 1 is 1.16 bits per heavy atom. The van der Waals surface area contributed by atoms with Gasteiger partial charge >= 0.3 is 17.9 Å². The number of hydrogen-bond donors (Lipinski definition) is 0. The molecule has 11 nitrogen and oxygen atoms in total. The third kappa shape index (κ3) is 6.12. The predicted molar refractivity (Wildman–Crippen MR) is 84.4 cm³/mol. The van der Waals surface area contributed by atoms with Gasteiger partial charge in [-0.3, -0.25) is 14.4 Å². The lowest BCUT2D eigenvalue weighted by atomic mass is 9.95. The highest BCUT2D eigenvalue weighted by Crippen LogP contribution is 2.29. The van der Waals surface area contributed by atoms with E-state index >= 15 is 0 Å². The number of ether oxygens (including phenoxy) is 4. The molecule has 0 aromatic rings. The highest BCUT2D eigenvalue weighted by atomic mass is 32.1. The number of carbonyl (C=O) groups excluding carboxylic acids is 3. The van der Waals surface area contributed by atoms with Gasteiger partial charge in [0.15, 0.2) is 12.3 Å². The molecule has 0 N–H and O–H groups in total. The van der Waals surface area contributed by atoms with Crippen LogP contribution in [-0.2, 0) is 33.3 Å². The molecule has 0 saturated carbocycles. The fraction of sp³-hybridized carbons (Fsp3) is 0.692. The number of hydrogen-bond acceptors (Lipinski definition) is 10. The highest BCUT2D eigenvalue weighted by molar-refractivity contribution is 7.78. The van der Waals surface area contributed by atoms with E-state index in [4.69, 9.17) is 24.5 Å². The van der Waals surface area contributed by atoms with Crippen molar-refractivity contribution in [1.29, 1.82) is 0 Å². The average Bonchev–Trinajstić information content (AvgIpc) is 2.50. The van der Waals surface area contributed by atoms with Gasteiger partial charge < -0.3 is 18.9 Å². The summed E-state index contributed by atoms with van der Waals surface area (Å²) in [5, 5.41) is 5.63. The maximum Gasteiger partial charge on any atom is 0.303 e. The Morgan fingerprint density at radius 3 is 2.24 bits per heavy atom. The van der Waals surface area contributed by atoms with Gasteiger partial charge in [-0.05, 0) is 17.7 Å². The molecule has 0 bridgehead atoms. The molecule has 0 aromatic heterocycles. The normalized spacial score (nSPS) is 27.9. The molecular weight excluding hydrogens is 356 g/mol. The minimum Gasteiger partial charge on any atom is -0.463 e. The zero-order valence-electron chi connectivity index (χ0n) is 13.6. The summed E-state index contributed by atoms with van der Waals surface area (Å²) < 4.78 is 20.7. The molecule has 5 atom stereocenters. The van der Waals surface area contributed by atoms with Crippen molar-refractivity contribution in [3.8, 4) is 0 Å². The number of isothiocyanates is 1. The molecule has 0 amide bonds. The maximum atomic E-state index is 11.4. The molecule has 136 valence electrons. The first kappa shape index (κ1) is 20.5. The van der Waals surface area contributed by atoms with Gasteiger partial charge in [-0.25, -0.2) is 0 Å². The Hall–Kier alpha value is -2.52. The lowest BCUT2D eigenvalue weighted by Gasteiger charge is -2.41. The van der Waals surface area contributed by atoms with Crippen LogP contribution in [0.2, 0.25) is 0 Å². The zero-order chi connectivity index (χ0) is 19.0. The molecule has 1 rings (SSSR count). The van der Waals surface area contributed by atoms with Gasteiger partial charge in [0, 0.05) is 25.7 Å². The van der Waals surface area contributed by atoms with Crippen molar-refractivity contribution in [1.82, 2.24) is 0 Å². The summed E-state index contributed by atoms with van der Waals surface area (Å²) in [4.78, 5) is 40.2. The van der Waals surface area contributed by atoms with Gasteiger partial charge in [0.25, 0.3) is 0 Å². The number of azide groups is 1. The summed E-state index contributed by atoms with van der Waals surface area (Å²) >= 11 is 4.54. The first-order chi connectivity index (χ1) is 11.8. The van der Waals surface area contributed by atoms with Crippen molar-refractivity contribution in [2.45, 2.75) is 51.4 Å². The molecule has 0 radical (unpaired) electrons. The fourth-order valence-corrected chi connectivity index (χ4v) is 2.35. The molecule has 12 heteroatoms. The van der Waals surface area contributed by atoms with Crippen molar-refractivity contribution in [2.24, 2.45) is 10.1 Å². The van der Waals surface area contributed by atoms with Crippen LogP contribution in [0.15, 0.2) is 10.1 Å². The van der Waals surface area contributed by atoms with E-state index in [0.717, 1.165) is 13.8 Å². The third-order valence-electron chi connectivity index (χ3n) is 3.05. The summed E-state index contributed by atoms with van der Waals surface area (Å²) in [6.07, 6.45) is -4.58. The van der Waals surface area contributed by atoms with Gasteiger partial charge in [-0.1, -0.05) is 5.11 Å². The number of aliphatic imine (C=N–C) groups is 1. The van der Waals surface area contributed by atoms with Gasteiger partial charge in [0.2, 0.25) is 0 Å². The Kier molecular flexibility index (Phi) is 7.96. The summed E-state index contributed by atoms with van der Waals surface area (Å²) in [7, 11) is 0. The molecule has 1 aliphatic rings. The van der Waals surface area contributed by atoms with E-state index in [2.05, 4.69) is 32.4 Å². The Balaban J connectivity index is 3.27. The van der Waals surface area contributed by atoms with Crippen LogP contribution in [0.1, 0.15) is 20.8 Å². The van der Waals surface area contributed by atoms with E-state index in [9.17, 15) is 14.4 Å². The molecule has 1 aliphatic heterocycles. The average molecular weight is 372 g/mol. The van der Waals surface area contributed by atoms with Crippen molar-refractivity contribution >= 4 is 35.3 Å². The van der Waals surface area contributed by atoms with Gasteiger partial charge in [0.05, 0.1) is 5.16 Å². The van der Waals surface area contributed by atoms with E-state index in [1.165, 1.54) is 6.92 Å². The van der Waals surface area contributed by atoms with Crippen molar-refractivity contribution < 1.29 is 33.3 Å². The molecule has 0 unspecified atom stereocenters. The van der Waals surface area contributed by atoms with Crippen LogP contribution >= 0.6 is 12.2 Å². The molecule has 1 heterocycles. The molecular formula is C13H16N4O7S. The van der Waals surface area contributed by atoms with Crippen LogP contribution in [-0.4, -0.2) is 60.3 Å². The third-order valence-corrected chi connectivity index (χ3v) is 3.16. The Labute approximate surface area is 147 Å². The second-order valence-corrected chi connectivity index (χ2v) is 5.11. The summed E-state index contributed by atoms with van der Waals surface area (Å²) in [5.41, 5.74) is 8.83. The summed E-state index contributed by atoms with van der Waals surface area (Å²) in [6, 6.07) is -1.18. The Morgan fingerprint density at radius 2 is 1.76 bits per heavy atom. The van der Waals surface area contributed by atoms with Crippen LogP contribution in [0.25, 0.3) is 10.4 Å². The minimum absolute atomic E-state index is 0.305. The number of thiocarbonyl (C=S) groups is 1. The second kappa shape index (κ2) is 9.70. The topological polar surface area (TPSA) is 149 Å². The van der Waals surface area contributed by atoms with Gasteiger partial charge in [-0.15, -0.1) is 0 Å². The second-order valence-electron chi connectivity index (χ2n) is 4.93. The number of esters is 3. The SMILES string of the molecule is CC(=O)OC[C@H]1O[C@@H](N=C=S)[C@H](OC(C)=O)[C@@H](N=[N+]=[N-])[C@@H]1OC(C)=O. The van der Waals surface area contributed by atoms with Crippen LogP contribution in [0.4, 0.5) is 0 Å². The van der Waals surface area contributed by atoms with Gasteiger partial charge in [-0.2, -0.15) is 4.99 Å². The van der Waals surface area contributed by atoms with Crippen LogP contribution in [0.3, 0.4) is 0 Å². The molecule has 0 aromatic carbocycles. The summed E-state index contributed by atoms with van der Waals surface area (Å²) in [6.45, 7) is 3.15. The minimum atomic E-state index is -1.21. The van der Waals surface area contributed by atoms with Gasteiger partial charge in [0.1, 0.15) is 24.9 Å². The number of carbonyl (C=O) groups is 3. The van der Waals surface area contributed by atoms with E-state index < -0.39 is 48.5 Å². The largest absolute Gasteiger partial charge is 0.463 e. The van der Waals surface area contributed by atoms with Crippen LogP contribution < -0.4 is 0 Å². The quantitative estimate of drug-likeness (QED) is 0.127. The molecule has 0 spiro atoms. The first-order valence-corrected chi connectivity index (χ1v) is 7.45. The standard InChI is InChI=1S/C13H16N4O7S/c1-6(18)21-4-9-11(22-7(2)19)10(16-17-14)12(23-8(3)20)13(24-9)15-5-25/h9-13H,4H2,1-3H3/t9-,10+,11-,12-,13-/m1/s1. The smallest absolute Gasteiger partial charge is 0.303 e. The first-order valence-electron chi connectivity index (χ1n) is 7.04. The molecule has 1 fully saturated rings. The zero-order valence-corrected chi connectivity index (χ0v) is 14.5. The fourth-order valence-electron chi connectivity index (χ4n) is 2.25. The predicted octanol–water partition coefficient (Wildman–Crippen LogP) is 0.919. The monoisotopic (exact) mass is 372 g/mol. The van der Waals surface area contributed by atoms with E-state index in [-0.39, 0.29) is 6.61 Å². The van der Waals surface area contributed by atoms with Crippen LogP contribution in [0, 0.1) is 0 Å². The number of rotatable bonds is 6. The lowest BCUT2D eigenvalue weighted by molar-refractivity contribution is -0.214. The molecule has 25 heavy (non-hydrogen) atoms. The van der Waals surface area contributed by atoms with E-state index in [0.29, 0.717) is 0 Å². The summed E-state index contributed by atoms with van der Waals surface area (Å²) in [5.74, 6) is -1.99. The maximum absolute atomic E-state index is 11.4. The highest BCUT2D eigenvalue weighted by Gasteiger charge is 2.49. The van der Waals surface area contributed by atoms with E-state index in [1.807, 2.05) is 0 Å². The molecule has 1 saturated heterocycles. The lowest BCUT2D eigenvalue weighted by Crippen LogP contribution is -2.59. The molecule has 0 aliphatic carbocycles. The van der Waals surface area contributed by atoms with Crippen LogP contribution in [0.5, 0.6) is 0 Å². The van der Waals surface area contributed by atoms with Crippen molar-refractivity contribution in [2.75, 3.05) is 6.61 Å². The van der Waals surface area contributed by atoms with E-state index in [1.54, 1.807) is 0 Å². The van der Waals surface area contributed by atoms with Crippen molar-refractivity contribution in [3.63, 3.8) is 0 Å². The Bertz CT molecular complexity index is 630. The number of nitrogens with zero attached hydrogens (tertiary/aromatic N) is 4.